The lowest BCUT2D eigenvalue weighted by molar-refractivity contribution is 0.484. The van der Waals surface area contributed by atoms with Crippen LogP contribution in [0.1, 0.15) is 5.56 Å². The number of hydrogen-bond donors (Lipinski definition) is 0. The molecule has 0 N–H and O–H groups in total. The van der Waals surface area contributed by atoms with Crippen molar-refractivity contribution in [1.82, 2.24) is 0 Å². The first kappa shape index (κ1) is 14.6. The summed E-state index contributed by atoms with van der Waals surface area (Å²) < 4.78 is 29.0. The van der Waals surface area contributed by atoms with Crippen molar-refractivity contribution in [1.29, 1.82) is 0 Å². The molecule has 104 valence electrons. The van der Waals surface area contributed by atoms with E-state index in [1.807, 2.05) is 6.92 Å². The molecule has 0 aliphatic carbocycles. The number of hydrogen-bond acceptors (Lipinski definition) is 4. The third-order valence-corrected chi connectivity index (χ3v) is 4.04. The van der Waals surface area contributed by atoms with Gasteiger partial charge < -0.3 is 4.18 Å². The van der Waals surface area contributed by atoms with Gasteiger partial charge in [0.2, 0.25) is 5.43 Å². The summed E-state index contributed by atoms with van der Waals surface area (Å²) in [6.45, 7) is 1.84. The highest BCUT2D eigenvalue weighted by atomic mass is 35.5. The molecule has 0 aliphatic heterocycles. The van der Waals surface area contributed by atoms with Crippen LogP contribution in [-0.4, -0.2) is 8.42 Å². The second kappa shape index (κ2) is 5.64. The van der Waals surface area contributed by atoms with Crippen molar-refractivity contribution in [3.8, 4) is 5.75 Å². The number of benzene rings is 1. The third-order valence-electron chi connectivity index (χ3n) is 2.54. The molecule has 4 nitrogen and oxygen atoms in total. The van der Waals surface area contributed by atoms with E-state index in [-0.39, 0.29) is 10.6 Å². The Morgan fingerprint density at radius 1 is 0.950 bits per heavy atom. The van der Waals surface area contributed by atoms with Crippen LogP contribution in [0.3, 0.4) is 0 Å². The summed E-state index contributed by atoms with van der Waals surface area (Å²) in [5, 5.41) is 0.310. The molecule has 0 fully saturated rings. The van der Waals surface area contributed by atoms with Crippen molar-refractivity contribution in [3.63, 3.8) is 0 Å². The van der Waals surface area contributed by atoms with E-state index in [1.165, 1.54) is 30.3 Å². The maximum atomic E-state index is 12.1. The van der Waals surface area contributed by atoms with Crippen molar-refractivity contribution in [2.24, 2.45) is 0 Å². The molecular weight excluding hydrogens is 300 g/mol. The lowest BCUT2D eigenvalue weighted by Gasteiger charge is -2.05. The van der Waals surface area contributed by atoms with Crippen LogP contribution in [-0.2, 0) is 10.1 Å². The summed E-state index contributed by atoms with van der Waals surface area (Å²) >= 11 is 5.73. The van der Waals surface area contributed by atoms with Crippen LogP contribution in [0.5, 0.6) is 5.75 Å². The molecule has 20 heavy (non-hydrogen) atoms. The van der Waals surface area contributed by atoms with Gasteiger partial charge in [0.15, 0.2) is 5.75 Å². The van der Waals surface area contributed by atoms with E-state index in [0.29, 0.717) is 5.02 Å². The molecule has 0 amide bonds. The number of halogens is 1. The number of aryl methyl sites for hydroxylation is 1. The van der Waals surface area contributed by atoms with Crippen molar-refractivity contribution < 1.29 is 12.6 Å². The quantitative estimate of drug-likeness (QED) is 0.818. The van der Waals surface area contributed by atoms with Crippen LogP contribution in [0.25, 0.3) is 0 Å². The van der Waals surface area contributed by atoms with Crippen LogP contribution in [0.15, 0.2) is 58.2 Å². The average Bonchev–Trinajstić information content (AvgIpc) is 2.54. The lowest BCUT2D eigenvalue weighted by atomic mass is 10.2. The third kappa shape index (κ3) is 3.37. The Hall–Kier alpha value is -1.85. The molecule has 2 rings (SSSR count). The molecule has 6 heteroatoms. The molecule has 0 saturated heterocycles. The van der Waals surface area contributed by atoms with Crippen molar-refractivity contribution >= 4 is 21.7 Å². The van der Waals surface area contributed by atoms with E-state index < -0.39 is 15.5 Å². The van der Waals surface area contributed by atoms with Gasteiger partial charge in [-0.25, -0.2) is 0 Å². The molecule has 2 aromatic rings. The highest BCUT2D eigenvalue weighted by Gasteiger charge is 2.17. The Kier molecular flexibility index (Phi) is 4.11. The van der Waals surface area contributed by atoms with Gasteiger partial charge in [0.25, 0.3) is 0 Å². The molecule has 2 aromatic carbocycles. The second-order valence-corrected chi connectivity index (χ2v) is 6.11. The molecule has 0 saturated carbocycles. The summed E-state index contributed by atoms with van der Waals surface area (Å²) in [7, 11) is -4.04. The number of rotatable bonds is 3. The lowest BCUT2D eigenvalue weighted by Crippen LogP contribution is -2.14. The molecule has 0 aromatic heterocycles. The van der Waals surface area contributed by atoms with E-state index in [9.17, 15) is 13.2 Å². The summed E-state index contributed by atoms with van der Waals surface area (Å²) in [5.41, 5.74) is 0.360. The van der Waals surface area contributed by atoms with Gasteiger partial charge in [-0.3, -0.25) is 4.79 Å². The van der Waals surface area contributed by atoms with E-state index in [2.05, 4.69) is 0 Å². The van der Waals surface area contributed by atoms with Crippen LogP contribution >= 0.6 is 11.6 Å². The Balaban J connectivity index is 2.41. The topological polar surface area (TPSA) is 60.4 Å². The van der Waals surface area contributed by atoms with E-state index in [1.54, 1.807) is 12.1 Å². The van der Waals surface area contributed by atoms with Crippen LogP contribution in [0.2, 0.25) is 5.02 Å². The fourth-order valence-corrected chi connectivity index (χ4v) is 2.54. The largest absolute Gasteiger partial charge is 0.375 e. The zero-order valence-electron chi connectivity index (χ0n) is 10.5. The highest BCUT2D eigenvalue weighted by molar-refractivity contribution is 7.87. The van der Waals surface area contributed by atoms with Crippen LogP contribution in [0, 0.1) is 6.92 Å². The first-order valence-electron chi connectivity index (χ1n) is 5.69. The molecule has 0 spiro atoms. The van der Waals surface area contributed by atoms with Gasteiger partial charge in [-0.2, -0.15) is 8.42 Å². The molecule has 0 unspecified atom stereocenters. The minimum absolute atomic E-state index is 0.0138. The SMILES string of the molecule is Cc1ccc(S(=O)(=O)Oc2ccc(Cl)ccc2=O)cc1. The van der Waals surface area contributed by atoms with Crippen molar-refractivity contribution in [3.05, 3.63) is 69.3 Å². The summed E-state index contributed by atoms with van der Waals surface area (Å²) in [6.07, 6.45) is 0. The van der Waals surface area contributed by atoms with Crippen LogP contribution in [0.4, 0.5) is 0 Å². The summed E-state index contributed by atoms with van der Waals surface area (Å²) in [5.74, 6) is -0.294. The molecule has 0 bridgehead atoms. The van der Waals surface area contributed by atoms with Gasteiger partial charge in [-0.05, 0) is 43.3 Å². The molecule has 0 atom stereocenters. The van der Waals surface area contributed by atoms with Gasteiger partial charge >= 0.3 is 10.1 Å². The molecule has 0 heterocycles. The first-order chi connectivity index (χ1) is 9.38. The minimum atomic E-state index is -4.04. The van der Waals surface area contributed by atoms with Gasteiger partial charge in [-0.15, -0.1) is 0 Å². The summed E-state index contributed by atoms with van der Waals surface area (Å²) in [6, 6.07) is 11.3. The predicted molar refractivity (Wildman–Crippen MR) is 76.7 cm³/mol. The zero-order chi connectivity index (χ0) is 14.8. The van der Waals surface area contributed by atoms with E-state index in [4.69, 9.17) is 15.8 Å². The Bertz CT molecular complexity index is 783. The van der Waals surface area contributed by atoms with E-state index in [0.717, 1.165) is 11.6 Å². The van der Waals surface area contributed by atoms with Gasteiger partial charge in [0.1, 0.15) is 4.90 Å². The summed E-state index contributed by atoms with van der Waals surface area (Å²) in [4.78, 5) is 11.7. The minimum Gasteiger partial charge on any atom is -0.375 e. The molecular formula is C14H11ClO4S. The maximum absolute atomic E-state index is 12.1. The Labute approximate surface area is 121 Å². The first-order valence-corrected chi connectivity index (χ1v) is 7.48. The molecule has 0 aliphatic rings. The zero-order valence-corrected chi connectivity index (χ0v) is 12.1. The van der Waals surface area contributed by atoms with Gasteiger partial charge in [0.05, 0.1) is 0 Å². The Morgan fingerprint density at radius 3 is 2.20 bits per heavy atom. The van der Waals surface area contributed by atoms with E-state index >= 15 is 0 Å². The maximum Gasteiger partial charge on any atom is 0.339 e. The van der Waals surface area contributed by atoms with Gasteiger partial charge in [-0.1, -0.05) is 29.3 Å². The van der Waals surface area contributed by atoms with Crippen molar-refractivity contribution in [2.45, 2.75) is 11.8 Å². The van der Waals surface area contributed by atoms with Crippen LogP contribution < -0.4 is 9.61 Å². The second-order valence-electron chi connectivity index (χ2n) is 4.13. The standard InChI is InChI=1S/C14H11ClO4S/c1-10-2-6-12(7-3-10)20(17,18)19-14-9-5-11(15)4-8-13(14)16/h2-9H,1H3. The fraction of sp³-hybridized carbons (Fsp3) is 0.0714. The smallest absolute Gasteiger partial charge is 0.339 e. The Morgan fingerprint density at radius 2 is 1.55 bits per heavy atom. The average molecular weight is 311 g/mol. The van der Waals surface area contributed by atoms with Crippen molar-refractivity contribution in [2.75, 3.05) is 0 Å². The van der Waals surface area contributed by atoms with Gasteiger partial charge in [0, 0.05) is 5.02 Å². The normalized spacial score (nSPS) is 11.1. The predicted octanol–water partition coefficient (Wildman–Crippen LogP) is 2.78. The molecule has 0 radical (unpaired) electrons. The monoisotopic (exact) mass is 310 g/mol. The highest BCUT2D eigenvalue weighted by Crippen LogP contribution is 2.16. The fourth-order valence-electron chi connectivity index (χ4n) is 1.47.